The Morgan fingerprint density at radius 3 is 1.27 bits per heavy atom. The number of rotatable bonds is 0. The van der Waals surface area contributed by atoms with Gasteiger partial charge in [0.1, 0.15) is 0 Å². The predicted molar refractivity (Wildman–Crippen MR) is 98.7 cm³/mol. The Hall–Kier alpha value is -1.82. The lowest BCUT2D eigenvalue weighted by Gasteiger charge is -2.40. The molecule has 0 nitrogen and oxygen atoms in total. The van der Waals surface area contributed by atoms with Crippen LogP contribution in [0.2, 0.25) is 0 Å². The van der Waals surface area contributed by atoms with Gasteiger partial charge in [-0.3, -0.25) is 0 Å². The van der Waals surface area contributed by atoms with Gasteiger partial charge in [0.05, 0.1) is 0 Å². The van der Waals surface area contributed by atoms with Crippen LogP contribution < -0.4 is 0 Å². The third kappa shape index (κ3) is 2.75. The first-order valence-electron chi connectivity index (χ1n) is 8.62. The fourth-order valence-electron chi connectivity index (χ4n) is 3.64. The van der Waals surface area contributed by atoms with Crippen LogP contribution in [-0.2, 0) is 0 Å². The summed E-state index contributed by atoms with van der Waals surface area (Å²) in [5.74, 6) is 1.10. The van der Waals surface area contributed by atoms with Crippen molar-refractivity contribution in [2.24, 2.45) is 11.8 Å². The molecule has 0 amide bonds. The van der Waals surface area contributed by atoms with Gasteiger partial charge in [0.2, 0.25) is 0 Å². The van der Waals surface area contributed by atoms with Crippen molar-refractivity contribution in [2.45, 2.75) is 41.5 Å². The molecule has 4 aliphatic rings. The minimum Gasteiger partial charge on any atom is -0.0683 e. The molecule has 2 unspecified atom stereocenters. The van der Waals surface area contributed by atoms with Crippen LogP contribution in [0.25, 0.3) is 0 Å². The van der Waals surface area contributed by atoms with Gasteiger partial charge in [0.15, 0.2) is 0 Å². The van der Waals surface area contributed by atoms with Crippen LogP contribution in [0.15, 0.2) is 82.0 Å². The zero-order chi connectivity index (χ0) is 16.3. The summed E-state index contributed by atoms with van der Waals surface area (Å²) < 4.78 is 0. The van der Waals surface area contributed by atoms with Crippen LogP contribution in [0.1, 0.15) is 41.5 Å². The van der Waals surface area contributed by atoms with Gasteiger partial charge in [-0.1, -0.05) is 87.4 Å². The molecular weight excluding hydrogens is 264 g/mol. The SMILES string of the molecule is CC.CC.CC1=CC2=CC=C3C=C(C)C=C4C=CC(=C1)C2C34. The number of hydrogen-bond donors (Lipinski definition) is 0. The normalized spacial score (nSPS) is 26.3. The lowest BCUT2D eigenvalue weighted by Crippen LogP contribution is -2.29. The first-order valence-corrected chi connectivity index (χ1v) is 8.62. The zero-order valence-corrected chi connectivity index (χ0v) is 14.8. The van der Waals surface area contributed by atoms with E-state index in [1.54, 1.807) is 0 Å². The van der Waals surface area contributed by atoms with E-state index in [9.17, 15) is 0 Å². The maximum Gasteiger partial charge on any atom is 0.0199 e. The van der Waals surface area contributed by atoms with Gasteiger partial charge in [-0.15, -0.1) is 0 Å². The van der Waals surface area contributed by atoms with E-state index in [2.05, 4.69) is 62.5 Å². The summed E-state index contributed by atoms with van der Waals surface area (Å²) in [4.78, 5) is 0. The van der Waals surface area contributed by atoms with Crippen LogP contribution in [-0.4, -0.2) is 0 Å². The summed E-state index contributed by atoms with van der Waals surface area (Å²) in [7, 11) is 0. The largest absolute Gasteiger partial charge is 0.0683 e. The summed E-state index contributed by atoms with van der Waals surface area (Å²) in [6.07, 6.45) is 18.6. The van der Waals surface area contributed by atoms with Gasteiger partial charge in [0.25, 0.3) is 0 Å². The van der Waals surface area contributed by atoms with Gasteiger partial charge < -0.3 is 0 Å². The van der Waals surface area contributed by atoms with Gasteiger partial charge >= 0.3 is 0 Å². The van der Waals surface area contributed by atoms with Crippen LogP contribution >= 0.6 is 0 Å². The highest BCUT2D eigenvalue weighted by Gasteiger charge is 2.37. The molecule has 4 aliphatic carbocycles. The summed E-state index contributed by atoms with van der Waals surface area (Å²) in [6, 6.07) is 0. The topological polar surface area (TPSA) is 0 Å². The van der Waals surface area contributed by atoms with E-state index >= 15 is 0 Å². The molecule has 0 radical (unpaired) electrons. The van der Waals surface area contributed by atoms with Crippen LogP contribution in [0.3, 0.4) is 0 Å². The van der Waals surface area contributed by atoms with Gasteiger partial charge in [-0.2, -0.15) is 0 Å². The van der Waals surface area contributed by atoms with Gasteiger partial charge in [-0.05, 0) is 36.1 Å². The Bertz CT molecular complexity index is 596. The maximum absolute atomic E-state index is 2.34. The Labute approximate surface area is 136 Å². The van der Waals surface area contributed by atoms with E-state index in [0.29, 0.717) is 11.8 Å². The third-order valence-corrected chi connectivity index (χ3v) is 4.28. The van der Waals surface area contributed by atoms with Crippen molar-refractivity contribution >= 4 is 0 Å². The first kappa shape index (κ1) is 16.5. The van der Waals surface area contributed by atoms with Crippen LogP contribution in [0, 0.1) is 11.8 Å². The average Bonchev–Trinajstić information content (AvgIpc) is 2.55. The van der Waals surface area contributed by atoms with Gasteiger partial charge in [0, 0.05) is 11.8 Å². The van der Waals surface area contributed by atoms with Gasteiger partial charge in [-0.25, -0.2) is 0 Å². The smallest absolute Gasteiger partial charge is 0.0199 e. The molecule has 0 saturated carbocycles. The Kier molecular flexibility index (Phi) is 5.24. The van der Waals surface area contributed by atoms with Crippen molar-refractivity contribution < 1.29 is 0 Å². The average molecular weight is 292 g/mol. The second kappa shape index (κ2) is 6.96. The highest BCUT2D eigenvalue weighted by molar-refractivity contribution is 5.62. The molecule has 2 atom stereocenters. The van der Waals surface area contributed by atoms with E-state index in [4.69, 9.17) is 0 Å². The van der Waals surface area contributed by atoms with E-state index < -0.39 is 0 Å². The standard InChI is InChI=1S/C18H16.2C2H6/c1-11-7-13-3-5-15-9-12(2)10-16-6-4-14(8-11)17(13)18(15)16;2*1-2/h3-10,17-18H,1-2H3;2*1-2H3. The van der Waals surface area contributed by atoms with Crippen molar-refractivity contribution in [1.29, 1.82) is 0 Å². The van der Waals surface area contributed by atoms with E-state index in [1.165, 1.54) is 33.4 Å². The second-order valence-corrected chi connectivity index (χ2v) is 5.69. The van der Waals surface area contributed by atoms with E-state index in [0.717, 1.165) is 0 Å². The minimum absolute atomic E-state index is 0.550. The molecule has 0 aromatic heterocycles. The van der Waals surface area contributed by atoms with Crippen molar-refractivity contribution in [2.75, 3.05) is 0 Å². The number of hydrogen-bond acceptors (Lipinski definition) is 0. The molecular formula is C22H28. The van der Waals surface area contributed by atoms with E-state index in [-0.39, 0.29) is 0 Å². The lowest BCUT2D eigenvalue weighted by atomic mass is 9.63. The molecule has 0 bridgehead atoms. The molecule has 0 aromatic rings. The fraction of sp³-hybridized carbons (Fsp3) is 0.364. The lowest BCUT2D eigenvalue weighted by molar-refractivity contribution is 0.561. The monoisotopic (exact) mass is 292 g/mol. The third-order valence-electron chi connectivity index (χ3n) is 4.28. The van der Waals surface area contributed by atoms with Crippen molar-refractivity contribution in [3.8, 4) is 0 Å². The summed E-state index contributed by atoms with van der Waals surface area (Å²) >= 11 is 0. The molecule has 0 fully saturated rings. The molecule has 0 N–H and O–H groups in total. The zero-order valence-electron chi connectivity index (χ0n) is 14.8. The molecule has 22 heavy (non-hydrogen) atoms. The quantitative estimate of drug-likeness (QED) is 0.479. The first-order chi connectivity index (χ1) is 10.7. The van der Waals surface area contributed by atoms with Crippen LogP contribution in [0.5, 0.6) is 0 Å². The molecule has 4 rings (SSSR count). The molecule has 116 valence electrons. The Morgan fingerprint density at radius 1 is 0.545 bits per heavy atom. The maximum atomic E-state index is 2.34. The molecule has 0 aromatic carbocycles. The molecule has 0 spiro atoms. The minimum atomic E-state index is 0.550. The van der Waals surface area contributed by atoms with Crippen LogP contribution in [0.4, 0.5) is 0 Å². The summed E-state index contributed by atoms with van der Waals surface area (Å²) in [5, 5.41) is 0. The van der Waals surface area contributed by atoms with Crippen molar-refractivity contribution in [3.63, 3.8) is 0 Å². The summed E-state index contributed by atoms with van der Waals surface area (Å²) in [6.45, 7) is 12.4. The number of allylic oxidation sites excluding steroid dienone is 14. The Morgan fingerprint density at radius 2 is 0.909 bits per heavy atom. The molecule has 0 saturated heterocycles. The van der Waals surface area contributed by atoms with E-state index in [1.807, 2.05) is 27.7 Å². The fourth-order valence-corrected chi connectivity index (χ4v) is 3.64. The predicted octanol–water partition coefficient (Wildman–Crippen LogP) is 6.48. The molecule has 0 heteroatoms. The molecule has 0 aliphatic heterocycles. The second-order valence-electron chi connectivity index (χ2n) is 5.69. The highest BCUT2D eigenvalue weighted by atomic mass is 14.4. The Balaban J connectivity index is 0.000000410. The highest BCUT2D eigenvalue weighted by Crippen LogP contribution is 2.49. The molecule has 0 heterocycles. The van der Waals surface area contributed by atoms with Crippen molar-refractivity contribution in [1.82, 2.24) is 0 Å². The summed E-state index contributed by atoms with van der Waals surface area (Å²) in [5.41, 5.74) is 8.63. The van der Waals surface area contributed by atoms with Crippen molar-refractivity contribution in [3.05, 3.63) is 82.0 Å².